The highest BCUT2D eigenvalue weighted by Crippen LogP contribution is 2.48. The summed E-state index contributed by atoms with van der Waals surface area (Å²) in [6.45, 7) is 1.71. The van der Waals surface area contributed by atoms with Crippen molar-refractivity contribution in [3.63, 3.8) is 0 Å². The number of benzene rings is 2. The fourth-order valence-corrected chi connectivity index (χ4v) is 7.76. The van der Waals surface area contributed by atoms with E-state index < -0.39 is 53.1 Å². The molecule has 0 radical (unpaired) electrons. The summed E-state index contributed by atoms with van der Waals surface area (Å²) >= 11 is 0.673. The van der Waals surface area contributed by atoms with E-state index in [-0.39, 0.29) is 69.6 Å². The number of anilines is 2. The van der Waals surface area contributed by atoms with Crippen LogP contribution in [0.15, 0.2) is 18.2 Å². The van der Waals surface area contributed by atoms with Gasteiger partial charge in [-0.05, 0) is 43.5 Å². The average Bonchev–Trinajstić information content (AvgIpc) is 3.77. The maximum atomic E-state index is 16.3. The molecule has 0 bridgehead atoms. The number of amides is 1. The van der Waals surface area contributed by atoms with Crippen LogP contribution < -0.4 is 15.4 Å². The van der Waals surface area contributed by atoms with Crippen molar-refractivity contribution in [1.29, 1.82) is 5.26 Å². The Labute approximate surface area is 280 Å². The van der Waals surface area contributed by atoms with Crippen LogP contribution in [0.5, 0.6) is 6.01 Å². The maximum absolute atomic E-state index is 16.3. The zero-order chi connectivity index (χ0) is 35.2. The van der Waals surface area contributed by atoms with E-state index in [1.807, 2.05) is 0 Å². The van der Waals surface area contributed by atoms with Crippen LogP contribution in [-0.4, -0.2) is 96.0 Å². The van der Waals surface area contributed by atoms with Crippen LogP contribution in [0.25, 0.3) is 32.1 Å². The number of hydrogen-bond donors (Lipinski definition) is 2. The number of ether oxygens (including phenoxy) is 1. The van der Waals surface area contributed by atoms with E-state index in [0.29, 0.717) is 30.0 Å². The topological polar surface area (TPSA) is 132 Å². The molecule has 2 aromatic carbocycles. The van der Waals surface area contributed by atoms with Crippen LogP contribution in [0.4, 0.5) is 37.2 Å². The number of nitrogens with zero attached hydrogens (tertiary/aromatic N) is 6. The summed E-state index contributed by atoms with van der Waals surface area (Å²) in [5.74, 6) is -2.74. The lowest BCUT2D eigenvalue weighted by Gasteiger charge is -2.35. The number of carbonyl (C=O) groups is 1. The Balaban J connectivity index is 0.000000396. The average molecular weight is 708 g/mol. The molecular weight excluding hydrogens is 676 g/mol. The number of aliphatic hydroxyl groups is 1. The molecule has 3 aliphatic rings. The van der Waals surface area contributed by atoms with Crippen molar-refractivity contribution in [2.75, 3.05) is 63.6 Å². The number of nitriles is 1. The summed E-state index contributed by atoms with van der Waals surface area (Å²) in [5, 5.41) is 18.1. The molecule has 3 aliphatic heterocycles. The third-order valence-electron chi connectivity index (χ3n) is 9.10. The SMILES string of the molecule is COc1nc(N2CCN(C(=O)CO)CC2)c2cc(C(F)(F)F)c(-c3ccc(F)c4sc(N)c(C#N)c34)c(F)c2n1.FC1CC2CCCN2C1. The third-order valence-corrected chi connectivity index (χ3v) is 10.1. The van der Waals surface area contributed by atoms with Crippen molar-refractivity contribution in [3.8, 4) is 23.2 Å². The number of nitrogen functional groups attached to an aromatic ring is 1. The molecule has 0 saturated carbocycles. The van der Waals surface area contributed by atoms with E-state index in [9.17, 15) is 32.0 Å². The minimum Gasteiger partial charge on any atom is -0.467 e. The Morgan fingerprint density at radius 2 is 1.92 bits per heavy atom. The molecule has 4 aromatic rings. The van der Waals surface area contributed by atoms with Crippen molar-refractivity contribution >= 4 is 49.1 Å². The molecule has 0 spiro atoms. The van der Waals surface area contributed by atoms with E-state index in [1.54, 1.807) is 11.0 Å². The van der Waals surface area contributed by atoms with Crippen LogP contribution in [-0.2, 0) is 11.0 Å². The first kappa shape index (κ1) is 34.5. The van der Waals surface area contributed by atoms with Gasteiger partial charge in [0, 0.05) is 55.1 Å². The number of hydrogen-bond acceptors (Lipinski definition) is 10. The molecule has 10 nitrogen and oxygen atoms in total. The number of aliphatic hydroxyl groups excluding tert-OH is 1. The Bertz CT molecular complexity index is 1950. The summed E-state index contributed by atoms with van der Waals surface area (Å²) < 4.78 is 92.1. The number of alkyl halides is 4. The second-order valence-corrected chi connectivity index (χ2v) is 13.0. The van der Waals surface area contributed by atoms with Gasteiger partial charge in [0.1, 0.15) is 41.0 Å². The van der Waals surface area contributed by atoms with E-state index >= 15 is 4.39 Å². The zero-order valence-electron chi connectivity index (χ0n) is 26.2. The highest BCUT2D eigenvalue weighted by Gasteiger charge is 2.39. The van der Waals surface area contributed by atoms with Gasteiger partial charge in [0.2, 0.25) is 5.91 Å². The first-order chi connectivity index (χ1) is 23.4. The second kappa shape index (κ2) is 13.5. The smallest absolute Gasteiger partial charge is 0.417 e. The van der Waals surface area contributed by atoms with Crippen molar-refractivity contribution in [2.45, 2.75) is 37.7 Å². The molecule has 3 fully saturated rings. The number of nitrogens with two attached hydrogens (primary N) is 1. The van der Waals surface area contributed by atoms with Gasteiger partial charge in [-0.15, -0.1) is 11.3 Å². The van der Waals surface area contributed by atoms with E-state index in [0.717, 1.165) is 25.1 Å². The minimum absolute atomic E-state index is 0.0457. The number of fused-ring (bicyclic) bond motifs is 3. The van der Waals surface area contributed by atoms with Gasteiger partial charge in [-0.2, -0.15) is 28.4 Å². The first-order valence-electron chi connectivity index (χ1n) is 15.4. The third kappa shape index (κ3) is 6.40. The minimum atomic E-state index is -5.08. The molecule has 49 heavy (non-hydrogen) atoms. The predicted octanol–water partition coefficient (Wildman–Crippen LogP) is 5.10. The molecule has 1 amide bonds. The molecule has 3 saturated heterocycles. The van der Waals surface area contributed by atoms with Crippen LogP contribution in [0.2, 0.25) is 0 Å². The number of thiophene rings is 1. The Morgan fingerprint density at radius 1 is 1.18 bits per heavy atom. The number of piperazine rings is 1. The molecule has 2 atom stereocenters. The number of carbonyl (C=O) groups excluding carboxylic acids is 1. The van der Waals surface area contributed by atoms with Gasteiger partial charge in [-0.25, -0.2) is 13.2 Å². The van der Waals surface area contributed by atoms with Gasteiger partial charge in [-0.3, -0.25) is 9.69 Å². The lowest BCUT2D eigenvalue weighted by atomic mass is 9.92. The fraction of sp³-hybridized carbons (Fsp3) is 0.438. The molecule has 5 heterocycles. The highest BCUT2D eigenvalue weighted by molar-refractivity contribution is 7.23. The largest absolute Gasteiger partial charge is 0.467 e. The lowest BCUT2D eigenvalue weighted by Crippen LogP contribution is -2.49. The molecule has 3 N–H and O–H groups in total. The fourth-order valence-electron chi connectivity index (χ4n) is 6.81. The molecule has 7 rings (SSSR count). The lowest BCUT2D eigenvalue weighted by molar-refractivity contribution is -0.137. The number of methoxy groups -OCH3 is 1. The summed E-state index contributed by atoms with van der Waals surface area (Å²) in [6, 6.07) is 4.64. The molecule has 2 aromatic heterocycles. The number of halogens is 6. The van der Waals surface area contributed by atoms with Gasteiger partial charge >= 0.3 is 12.2 Å². The van der Waals surface area contributed by atoms with Crippen LogP contribution in [0, 0.1) is 23.0 Å². The van der Waals surface area contributed by atoms with Crippen molar-refractivity contribution in [2.24, 2.45) is 0 Å². The number of rotatable bonds is 4. The normalized spacial score (nSPS) is 19.6. The van der Waals surface area contributed by atoms with Gasteiger partial charge in [0.05, 0.1) is 22.9 Å². The molecule has 17 heteroatoms. The standard InChI is InChI=1S/C25H19F5N6O3S.C7H12FN/c1-39-24-33-20-12(23(34-24)36-6-4-35(5-7-36)16(38)10-37)8-14(25(28,29)30)18(19(20)27)11-2-3-15(26)21-17(11)13(9-31)22(32)40-21;8-6-4-7-2-1-3-9(7)5-6/h2-3,8,37H,4-7,10,32H2,1H3;6-7H,1-5H2. The van der Waals surface area contributed by atoms with E-state index in [1.165, 1.54) is 24.9 Å². The van der Waals surface area contributed by atoms with Crippen LogP contribution >= 0.6 is 11.3 Å². The van der Waals surface area contributed by atoms with Gasteiger partial charge in [0.15, 0.2) is 5.82 Å². The summed E-state index contributed by atoms with van der Waals surface area (Å²) in [6.07, 6.45) is -2.27. The van der Waals surface area contributed by atoms with Crippen molar-refractivity contribution < 1.29 is 41.0 Å². The summed E-state index contributed by atoms with van der Waals surface area (Å²) in [7, 11) is 1.21. The van der Waals surface area contributed by atoms with E-state index in [4.69, 9.17) is 15.6 Å². The van der Waals surface area contributed by atoms with Gasteiger partial charge in [-0.1, -0.05) is 6.07 Å². The first-order valence-corrected chi connectivity index (χ1v) is 16.3. The Hall–Kier alpha value is -4.40. The van der Waals surface area contributed by atoms with Crippen LogP contribution in [0.3, 0.4) is 0 Å². The molecule has 2 unspecified atom stereocenters. The molecular formula is C32H31F6N7O3S. The van der Waals surface area contributed by atoms with Crippen LogP contribution in [0.1, 0.15) is 30.4 Å². The Morgan fingerprint density at radius 3 is 2.55 bits per heavy atom. The number of aromatic nitrogens is 2. The monoisotopic (exact) mass is 707 g/mol. The van der Waals surface area contributed by atoms with Gasteiger partial charge < -0.3 is 25.4 Å². The quantitative estimate of drug-likeness (QED) is 0.278. The highest BCUT2D eigenvalue weighted by atomic mass is 32.1. The van der Waals surface area contributed by atoms with Gasteiger partial charge in [0.25, 0.3) is 0 Å². The van der Waals surface area contributed by atoms with Crippen molar-refractivity contribution in [1.82, 2.24) is 19.8 Å². The maximum Gasteiger partial charge on any atom is 0.417 e. The zero-order valence-corrected chi connectivity index (χ0v) is 27.0. The van der Waals surface area contributed by atoms with Crippen molar-refractivity contribution in [3.05, 3.63) is 41.0 Å². The molecule has 260 valence electrons. The Kier molecular flexibility index (Phi) is 9.48. The predicted molar refractivity (Wildman–Crippen MR) is 171 cm³/mol. The summed E-state index contributed by atoms with van der Waals surface area (Å²) in [5.41, 5.74) is 2.40. The second-order valence-electron chi connectivity index (χ2n) is 11.9. The van der Waals surface area contributed by atoms with E-state index in [2.05, 4.69) is 14.9 Å². The summed E-state index contributed by atoms with van der Waals surface area (Å²) in [4.78, 5) is 25.3. The molecule has 0 aliphatic carbocycles.